The summed E-state index contributed by atoms with van der Waals surface area (Å²) in [5, 5.41) is 33.2. The number of fused-ring (bicyclic) bond motifs is 24. The van der Waals surface area contributed by atoms with Crippen molar-refractivity contribution < 1.29 is 9.59 Å². The molecule has 0 heterocycles. The third kappa shape index (κ3) is 27.2. The highest BCUT2D eigenvalue weighted by Gasteiger charge is 2.19. The number of Topliss-reactive ketones (excluding diaryl/α,β-unsaturated/α-hetero) is 2. The normalized spacial score (nSPS) is 11.2. The fraction of sp³-hybridized carbons (Fsp3) is 0.439. The Balaban J connectivity index is 0.000000217. The molecule has 0 radical (unpaired) electrons. The lowest BCUT2D eigenvalue weighted by molar-refractivity contribution is -0.118. The van der Waals surface area contributed by atoms with Gasteiger partial charge in [-0.1, -0.05) is 319 Å². The SMILES string of the molecule is C.C.CC(=O)CC(C)C.CCCC(C)C.CCCCC(CC)CC.CCCCCCCCCCCC(C)=O.Cc1cc2c3cc(C)c(C)cc3c3cc(C)c(C)cc3c2cc1C.Cc1cc2c3cc(C)c(C)cc3c3cc(C)c(C)cc3c2cc1C.Cc1cc2c3cc(C)c(C)cc3c3cc(C)c(C)cc3c2cc1C.Cc1cc2c3cc(C)c(C)cc3c3cc(C)c(C)cc3c2cc1C. The highest BCUT2D eigenvalue weighted by Crippen LogP contribution is 2.45. The van der Waals surface area contributed by atoms with Gasteiger partial charge in [0, 0.05) is 12.8 Å². The maximum absolute atomic E-state index is 10.7. The molecule has 0 bridgehead atoms. The minimum Gasteiger partial charge on any atom is -0.300 e. The van der Waals surface area contributed by atoms with Crippen LogP contribution in [-0.2, 0) is 9.59 Å². The van der Waals surface area contributed by atoms with Crippen LogP contribution in [0.25, 0.3) is 129 Å². The van der Waals surface area contributed by atoms with Gasteiger partial charge in [-0.15, -0.1) is 0 Å². The molecule has 16 rings (SSSR count). The number of hydrogen-bond acceptors (Lipinski definition) is 2. The molecule has 0 saturated carbocycles. The highest BCUT2D eigenvalue weighted by molar-refractivity contribution is 6.30. The number of ketones is 2. The van der Waals surface area contributed by atoms with Crippen molar-refractivity contribution in [2.75, 3.05) is 0 Å². The molecule has 0 unspecified atom stereocenters. The van der Waals surface area contributed by atoms with Gasteiger partial charge in [0.25, 0.3) is 0 Å². The van der Waals surface area contributed by atoms with Crippen molar-refractivity contribution in [2.45, 2.75) is 373 Å². The van der Waals surface area contributed by atoms with Crippen molar-refractivity contribution >= 4 is 141 Å². The predicted octanol–water partition coefficient (Wildman–Crippen LogP) is 41.4. The van der Waals surface area contributed by atoms with Crippen molar-refractivity contribution in [2.24, 2.45) is 17.8 Å². The van der Waals surface area contributed by atoms with Gasteiger partial charge in [-0.3, -0.25) is 0 Å². The van der Waals surface area contributed by atoms with Gasteiger partial charge in [0.05, 0.1) is 0 Å². The van der Waals surface area contributed by atoms with Gasteiger partial charge >= 0.3 is 0 Å². The predicted molar refractivity (Wildman–Crippen MR) is 609 cm³/mol. The molecule has 0 aliphatic carbocycles. The van der Waals surface area contributed by atoms with Crippen LogP contribution in [0.2, 0.25) is 0 Å². The summed E-state index contributed by atoms with van der Waals surface area (Å²) < 4.78 is 0. The lowest BCUT2D eigenvalue weighted by Gasteiger charge is -2.16. The van der Waals surface area contributed by atoms with Crippen molar-refractivity contribution in [1.82, 2.24) is 0 Å². The molecule has 134 heavy (non-hydrogen) atoms. The Morgan fingerprint density at radius 3 is 0.418 bits per heavy atom. The van der Waals surface area contributed by atoms with Crippen LogP contribution < -0.4 is 0 Å². The van der Waals surface area contributed by atoms with Gasteiger partial charge in [0.1, 0.15) is 11.6 Å². The average molecular weight is 1790 g/mol. The van der Waals surface area contributed by atoms with Gasteiger partial charge in [-0.2, -0.15) is 0 Å². The number of unbranched alkanes of at least 4 members (excludes halogenated alkanes) is 9. The van der Waals surface area contributed by atoms with Gasteiger partial charge in [0.15, 0.2) is 0 Å². The maximum Gasteiger partial charge on any atom is 0.130 e. The van der Waals surface area contributed by atoms with Gasteiger partial charge in [-0.25, -0.2) is 0 Å². The molecule has 0 amide bonds. The van der Waals surface area contributed by atoms with Crippen molar-refractivity contribution in [3.8, 4) is 0 Å². The van der Waals surface area contributed by atoms with Crippen LogP contribution in [-0.4, -0.2) is 11.6 Å². The average Bonchev–Trinajstić information content (AvgIpc) is 0.746. The molecule has 16 aromatic rings. The van der Waals surface area contributed by atoms with E-state index in [0.717, 1.165) is 31.1 Å². The van der Waals surface area contributed by atoms with E-state index in [9.17, 15) is 9.59 Å². The third-order valence-electron chi connectivity index (χ3n) is 29.4. The number of carbonyl (C=O) groups is 2. The fourth-order valence-corrected chi connectivity index (χ4v) is 19.2. The highest BCUT2D eigenvalue weighted by atomic mass is 16.1. The van der Waals surface area contributed by atoms with E-state index >= 15 is 0 Å². The molecule has 0 aliphatic rings. The van der Waals surface area contributed by atoms with Crippen LogP contribution in [0.5, 0.6) is 0 Å². The summed E-state index contributed by atoms with van der Waals surface area (Å²) in [6, 6.07) is 56.9. The first-order chi connectivity index (χ1) is 62.5. The molecule has 0 aliphatic heterocycles. The smallest absolute Gasteiger partial charge is 0.130 e. The second-order valence-corrected chi connectivity index (χ2v) is 41.4. The second-order valence-electron chi connectivity index (χ2n) is 41.4. The molecule has 0 saturated heterocycles. The van der Waals surface area contributed by atoms with E-state index in [1.807, 2.05) is 13.8 Å². The number of hydrogen-bond donors (Lipinski definition) is 0. The standard InChI is InChI=1S/4C24H24.C13H26O.C9H20.C6H12O.C6H14.2CH4/c4*1-13-7-19-20(8-14(13)2)22-10-16(4)18(6)12-24(22)23-11-17(5)15(3)9-21(19)23;1-3-4-5-6-7-8-9-10-11-12-13(2)14;1-4-7-8-9(5-2)6-3;1-5(2)4-6(3)7;1-4-5-6(2)3;;/h4*7-12H,1-6H3;3-12H2,1-2H3;9H,4-8H2,1-3H3;5H,4H2,1-3H3;6H,4-5H2,1-3H3;2*1H4. The molecule has 0 aromatic heterocycles. The zero-order chi connectivity index (χ0) is 97.3. The monoisotopic (exact) mass is 1790 g/mol. The van der Waals surface area contributed by atoms with Crippen LogP contribution in [0.3, 0.4) is 0 Å². The van der Waals surface area contributed by atoms with Crippen LogP contribution in [0.1, 0.15) is 340 Å². The Morgan fingerprint density at radius 2 is 0.328 bits per heavy atom. The Bertz CT molecular complexity index is 5040. The topological polar surface area (TPSA) is 34.1 Å². The van der Waals surface area contributed by atoms with Crippen molar-refractivity contribution in [3.63, 3.8) is 0 Å². The summed E-state index contributed by atoms with van der Waals surface area (Å²) in [5.41, 5.74) is 32.8. The first-order valence-corrected chi connectivity index (χ1v) is 50.9. The summed E-state index contributed by atoms with van der Waals surface area (Å²) in [6.45, 7) is 76.4. The zero-order valence-electron chi connectivity index (χ0n) is 89.1. The quantitative estimate of drug-likeness (QED) is 0.0597. The number of carbonyl (C=O) groups excluding carboxylic acids is 2. The first kappa shape index (κ1) is 111. The van der Waals surface area contributed by atoms with Crippen LogP contribution in [0, 0.1) is 184 Å². The molecule has 0 atom stereocenters. The number of benzene rings is 16. The lowest BCUT2D eigenvalue weighted by Crippen LogP contribution is -1.95. The molecule has 0 spiro atoms. The number of aryl methyl sites for hydroxylation is 24. The largest absolute Gasteiger partial charge is 0.300 e. The maximum atomic E-state index is 10.7. The summed E-state index contributed by atoms with van der Waals surface area (Å²) in [4.78, 5) is 20.9. The summed E-state index contributed by atoms with van der Waals surface area (Å²) in [7, 11) is 0. The van der Waals surface area contributed by atoms with Gasteiger partial charge in [-0.05, 0) is 467 Å². The molecule has 0 fully saturated rings. The molecule has 0 N–H and O–H groups in total. The molecule has 2 heteroatoms. The molecular formula is C132H176O2. The van der Waals surface area contributed by atoms with Crippen LogP contribution >= 0.6 is 0 Å². The summed E-state index contributed by atoms with van der Waals surface area (Å²) in [6.07, 6.45) is 23.1. The molecule has 716 valence electrons. The first-order valence-electron chi connectivity index (χ1n) is 50.9. The summed E-state index contributed by atoms with van der Waals surface area (Å²) >= 11 is 0. The van der Waals surface area contributed by atoms with Crippen molar-refractivity contribution in [1.29, 1.82) is 0 Å². The van der Waals surface area contributed by atoms with Gasteiger partial charge in [0.2, 0.25) is 0 Å². The van der Waals surface area contributed by atoms with Gasteiger partial charge < -0.3 is 9.59 Å². The third-order valence-corrected chi connectivity index (χ3v) is 29.4. The second kappa shape index (κ2) is 50.2. The Labute approximate surface area is 814 Å². The van der Waals surface area contributed by atoms with E-state index in [0.29, 0.717) is 11.7 Å². The summed E-state index contributed by atoms with van der Waals surface area (Å²) in [5.74, 6) is 3.06. The molecule has 16 aromatic carbocycles. The zero-order valence-corrected chi connectivity index (χ0v) is 89.1. The Hall–Kier alpha value is -10.0. The molecule has 2 nitrogen and oxygen atoms in total. The van der Waals surface area contributed by atoms with E-state index < -0.39 is 0 Å². The van der Waals surface area contributed by atoms with E-state index in [2.05, 4.69) is 360 Å². The van der Waals surface area contributed by atoms with E-state index in [1.165, 1.54) is 359 Å². The minimum atomic E-state index is 0. The number of rotatable bonds is 19. The Morgan fingerprint density at radius 1 is 0.187 bits per heavy atom. The van der Waals surface area contributed by atoms with Crippen LogP contribution in [0.4, 0.5) is 0 Å². The minimum absolute atomic E-state index is 0. The van der Waals surface area contributed by atoms with E-state index in [4.69, 9.17) is 0 Å². The fourth-order valence-electron chi connectivity index (χ4n) is 19.2. The van der Waals surface area contributed by atoms with Crippen molar-refractivity contribution in [3.05, 3.63) is 279 Å². The van der Waals surface area contributed by atoms with E-state index in [-0.39, 0.29) is 20.6 Å². The molecular weight excluding hydrogens is 1620 g/mol. The Kier molecular flexibility index (Phi) is 41.6. The lowest BCUT2D eigenvalue weighted by atomic mass is 9.88. The van der Waals surface area contributed by atoms with E-state index in [1.54, 1.807) is 13.8 Å². The van der Waals surface area contributed by atoms with Crippen LogP contribution in [0.15, 0.2) is 146 Å².